The van der Waals surface area contributed by atoms with Crippen LogP contribution < -0.4 is 20.1 Å². The van der Waals surface area contributed by atoms with E-state index in [2.05, 4.69) is 21.2 Å². The van der Waals surface area contributed by atoms with Gasteiger partial charge in [0.1, 0.15) is 18.6 Å². The molecule has 34 heavy (non-hydrogen) atoms. The Bertz CT molecular complexity index is 1160. The van der Waals surface area contributed by atoms with Crippen LogP contribution in [0.4, 0.5) is 11.4 Å². The summed E-state index contributed by atoms with van der Waals surface area (Å²) in [7, 11) is -3.94. The molecule has 0 spiro atoms. The number of nitrogens with one attached hydrogen (secondary N) is 1. The van der Waals surface area contributed by atoms with Gasteiger partial charge in [0.2, 0.25) is 0 Å². The second kappa shape index (κ2) is 12.4. The average molecular weight is 569 g/mol. The molecule has 0 aromatic heterocycles. The van der Waals surface area contributed by atoms with Crippen LogP contribution in [-0.2, 0) is 14.8 Å². The first-order valence-corrected chi connectivity index (χ1v) is 13.3. The highest BCUT2D eigenvalue weighted by Crippen LogP contribution is 2.33. The van der Waals surface area contributed by atoms with Gasteiger partial charge in [0.05, 0.1) is 22.9 Å². The first-order chi connectivity index (χ1) is 16.3. The number of halogens is 2. The molecule has 0 saturated heterocycles. The van der Waals surface area contributed by atoms with E-state index in [-0.39, 0.29) is 18.0 Å². The molecule has 3 aromatic carbocycles. The van der Waals surface area contributed by atoms with E-state index in [1.807, 2.05) is 12.1 Å². The molecule has 0 saturated carbocycles. The smallest absolute Gasteiger partial charge is 0.266 e. The highest BCUT2D eigenvalue weighted by Gasteiger charge is 2.31. The number of nitrogens with zero attached hydrogens (tertiary/aromatic N) is 1. The maximum absolute atomic E-state index is 13.7. The fourth-order valence-electron chi connectivity index (χ4n) is 3.25. The number of sulfonamides is 1. The van der Waals surface area contributed by atoms with Crippen molar-refractivity contribution in [1.82, 2.24) is 0 Å². The lowest BCUT2D eigenvalue weighted by molar-refractivity contribution is 0.0802. The molecule has 0 aliphatic carbocycles. The van der Waals surface area contributed by atoms with Gasteiger partial charge in [-0.05, 0) is 67.6 Å². The summed E-state index contributed by atoms with van der Waals surface area (Å²) in [5, 5.41) is 3.91. The largest absolute Gasteiger partial charge is 0.492 e. The summed E-state index contributed by atoms with van der Waals surface area (Å²) in [6.45, 7) is 3.00. The minimum absolute atomic E-state index is 0.153. The van der Waals surface area contributed by atoms with Gasteiger partial charge < -0.3 is 20.5 Å². The summed E-state index contributed by atoms with van der Waals surface area (Å²) in [6.07, 6.45) is -0.787. The van der Waals surface area contributed by atoms with Crippen molar-refractivity contribution in [3.63, 3.8) is 0 Å². The molecule has 0 bridgehead atoms. The Morgan fingerprint density at radius 3 is 2.38 bits per heavy atom. The monoisotopic (exact) mass is 567 g/mol. The summed E-state index contributed by atoms with van der Waals surface area (Å²) in [5.41, 5.74) is 6.68. The molecule has 0 radical (unpaired) electrons. The molecule has 0 aliphatic heterocycles. The number of para-hydroxylation sites is 2. The first kappa shape index (κ1) is 26.3. The van der Waals surface area contributed by atoms with E-state index in [0.29, 0.717) is 35.3 Å². The van der Waals surface area contributed by atoms with Gasteiger partial charge in [-0.3, -0.25) is 0 Å². The molecule has 0 amide bonds. The summed E-state index contributed by atoms with van der Waals surface area (Å²) in [4.78, 5) is 0.153. The number of hydrogen-bond donors (Lipinski definition) is 2. The topological polar surface area (TPSA) is 93.9 Å². The molecule has 3 N–H and O–H groups in total. The van der Waals surface area contributed by atoms with E-state index in [1.54, 1.807) is 67.6 Å². The van der Waals surface area contributed by atoms with E-state index in [0.717, 1.165) is 4.47 Å². The molecule has 0 aliphatic rings. The van der Waals surface area contributed by atoms with Crippen LogP contribution >= 0.6 is 27.5 Å². The summed E-state index contributed by atoms with van der Waals surface area (Å²) in [6, 6.07) is 20.8. The van der Waals surface area contributed by atoms with E-state index in [4.69, 9.17) is 26.8 Å². The molecular formula is C24H27BrClN3O4S. The van der Waals surface area contributed by atoms with Gasteiger partial charge in [0, 0.05) is 22.6 Å². The Morgan fingerprint density at radius 2 is 1.71 bits per heavy atom. The zero-order chi connectivity index (χ0) is 24.6. The number of rotatable bonds is 12. The molecule has 7 nitrogen and oxygen atoms in total. The van der Waals surface area contributed by atoms with E-state index >= 15 is 0 Å². The minimum atomic E-state index is -3.94. The van der Waals surface area contributed by atoms with Crippen LogP contribution in [0.3, 0.4) is 0 Å². The van der Waals surface area contributed by atoms with Crippen LogP contribution in [-0.4, -0.2) is 40.9 Å². The standard InChI is InChI=1S/C24H27BrClN3O4S/c1-18(32-16-14-27)29(34(30,31)22-12-6-19(25)7-13-22)24-5-3-2-4-23(24)28-15-17-33-21-10-8-20(26)9-11-21/h2-13,18,28H,14-17,27H2,1H3. The van der Waals surface area contributed by atoms with Crippen molar-refractivity contribution in [2.45, 2.75) is 18.0 Å². The minimum Gasteiger partial charge on any atom is -0.492 e. The summed E-state index contributed by atoms with van der Waals surface area (Å²) >= 11 is 9.25. The number of nitrogens with two attached hydrogens (primary N) is 1. The molecule has 1 atom stereocenters. The number of ether oxygens (including phenoxy) is 2. The normalized spacial score (nSPS) is 12.2. The van der Waals surface area contributed by atoms with Gasteiger partial charge in [-0.25, -0.2) is 12.7 Å². The van der Waals surface area contributed by atoms with Gasteiger partial charge in [-0.15, -0.1) is 0 Å². The van der Waals surface area contributed by atoms with Crippen molar-refractivity contribution < 1.29 is 17.9 Å². The van der Waals surface area contributed by atoms with Crippen LogP contribution in [0, 0.1) is 0 Å². The van der Waals surface area contributed by atoms with Gasteiger partial charge in [0.15, 0.2) is 0 Å². The molecular weight excluding hydrogens is 542 g/mol. The van der Waals surface area contributed by atoms with E-state index < -0.39 is 16.3 Å². The predicted molar refractivity (Wildman–Crippen MR) is 140 cm³/mol. The van der Waals surface area contributed by atoms with E-state index in [1.165, 1.54) is 4.31 Å². The highest BCUT2D eigenvalue weighted by atomic mass is 79.9. The molecule has 0 heterocycles. The Balaban J connectivity index is 1.84. The molecule has 182 valence electrons. The number of anilines is 2. The van der Waals surface area contributed by atoms with Crippen molar-refractivity contribution in [1.29, 1.82) is 0 Å². The van der Waals surface area contributed by atoms with Crippen LogP contribution in [0.1, 0.15) is 6.92 Å². The Hall–Kier alpha value is -2.30. The molecule has 3 rings (SSSR count). The molecule has 1 unspecified atom stereocenters. The Morgan fingerprint density at radius 1 is 1.03 bits per heavy atom. The molecule has 3 aromatic rings. The Kier molecular flexibility index (Phi) is 9.61. The van der Waals surface area contributed by atoms with Crippen LogP contribution in [0.15, 0.2) is 82.2 Å². The third-order valence-corrected chi connectivity index (χ3v) is 7.48. The second-order valence-electron chi connectivity index (χ2n) is 7.26. The van der Waals surface area contributed by atoms with Crippen LogP contribution in [0.5, 0.6) is 5.75 Å². The van der Waals surface area contributed by atoms with Crippen molar-refractivity contribution in [3.8, 4) is 5.75 Å². The van der Waals surface area contributed by atoms with Crippen molar-refractivity contribution in [2.24, 2.45) is 5.73 Å². The van der Waals surface area contributed by atoms with Gasteiger partial charge >= 0.3 is 0 Å². The number of hydrogen-bond acceptors (Lipinski definition) is 6. The average Bonchev–Trinajstić information content (AvgIpc) is 2.83. The maximum Gasteiger partial charge on any atom is 0.266 e. The lowest BCUT2D eigenvalue weighted by Crippen LogP contribution is -2.41. The third-order valence-electron chi connectivity index (χ3n) is 4.82. The number of benzene rings is 3. The fourth-order valence-corrected chi connectivity index (χ4v) is 5.22. The third kappa shape index (κ3) is 6.86. The predicted octanol–water partition coefficient (Wildman–Crippen LogP) is 5.11. The van der Waals surface area contributed by atoms with Crippen LogP contribution in [0.25, 0.3) is 0 Å². The summed E-state index contributed by atoms with van der Waals surface area (Å²) in [5.74, 6) is 0.697. The second-order valence-corrected chi connectivity index (χ2v) is 10.4. The van der Waals surface area contributed by atoms with Gasteiger partial charge in [-0.2, -0.15) is 0 Å². The molecule has 0 fully saturated rings. The van der Waals surface area contributed by atoms with Crippen LogP contribution in [0.2, 0.25) is 5.02 Å². The van der Waals surface area contributed by atoms with Crippen molar-refractivity contribution in [3.05, 3.63) is 82.3 Å². The molecule has 10 heteroatoms. The van der Waals surface area contributed by atoms with Gasteiger partial charge in [0.25, 0.3) is 10.0 Å². The van der Waals surface area contributed by atoms with Crippen molar-refractivity contribution in [2.75, 3.05) is 35.9 Å². The lowest BCUT2D eigenvalue weighted by Gasteiger charge is -2.32. The summed E-state index contributed by atoms with van der Waals surface area (Å²) < 4.78 is 40.9. The SMILES string of the molecule is CC(OCCN)N(c1ccccc1NCCOc1ccc(Cl)cc1)S(=O)(=O)c1ccc(Br)cc1. The maximum atomic E-state index is 13.7. The van der Waals surface area contributed by atoms with E-state index in [9.17, 15) is 8.42 Å². The van der Waals surface area contributed by atoms with Gasteiger partial charge in [-0.1, -0.05) is 39.7 Å². The lowest BCUT2D eigenvalue weighted by atomic mass is 10.2. The van der Waals surface area contributed by atoms with Crippen molar-refractivity contribution >= 4 is 48.9 Å². The zero-order valence-electron chi connectivity index (χ0n) is 18.7. The highest BCUT2D eigenvalue weighted by molar-refractivity contribution is 9.10. The Labute approximate surface area is 214 Å². The quantitative estimate of drug-likeness (QED) is 0.233. The fraction of sp³-hybridized carbons (Fsp3) is 0.250. The zero-order valence-corrected chi connectivity index (χ0v) is 21.8. The first-order valence-electron chi connectivity index (χ1n) is 10.7.